The van der Waals surface area contributed by atoms with Crippen molar-refractivity contribution in [2.45, 2.75) is 39.8 Å². The van der Waals surface area contributed by atoms with Crippen LogP contribution in [0.4, 0.5) is 5.82 Å². The maximum absolute atomic E-state index is 9.24. The summed E-state index contributed by atoms with van der Waals surface area (Å²) in [7, 11) is 0. The second-order valence-electron chi connectivity index (χ2n) is 4.35. The second kappa shape index (κ2) is 6.57. The molecule has 17 heavy (non-hydrogen) atoms. The number of hydrogen-bond donors (Lipinski definition) is 2. The maximum atomic E-state index is 9.24. The zero-order chi connectivity index (χ0) is 12.8. The third-order valence-electron chi connectivity index (χ3n) is 2.73. The summed E-state index contributed by atoms with van der Waals surface area (Å²) in [6, 6.07) is 4.07. The van der Waals surface area contributed by atoms with E-state index in [1.54, 1.807) is 0 Å². The van der Waals surface area contributed by atoms with Crippen molar-refractivity contribution in [1.82, 2.24) is 4.98 Å². The highest BCUT2D eigenvalue weighted by molar-refractivity contribution is 5.43. The maximum Gasteiger partial charge on any atom is 0.129 e. The van der Waals surface area contributed by atoms with Gasteiger partial charge in [-0.1, -0.05) is 6.92 Å². The largest absolute Gasteiger partial charge is 0.395 e. The zero-order valence-corrected chi connectivity index (χ0v) is 10.8. The van der Waals surface area contributed by atoms with E-state index in [4.69, 9.17) is 5.11 Å². The van der Waals surface area contributed by atoms with Crippen LogP contribution in [0.3, 0.4) is 0 Å². The monoisotopic (exact) mass is 238 g/mol. The number of aliphatic hydroxyl groups excluding tert-OH is 2. The molecule has 0 aliphatic heterocycles. The SMILES string of the molecule is CCc1cc(CO)cc(N(CCO)C(C)C)n1. The number of rotatable bonds is 6. The van der Waals surface area contributed by atoms with E-state index in [2.05, 4.69) is 18.8 Å². The van der Waals surface area contributed by atoms with Gasteiger partial charge in [-0.2, -0.15) is 0 Å². The van der Waals surface area contributed by atoms with Crippen molar-refractivity contribution in [3.05, 3.63) is 23.4 Å². The fourth-order valence-electron chi connectivity index (χ4n) is 1.80. The Morgan fingerprint density at radius 2 is 2.00 bits per heavy atom. The van der Waals surface area contributed by atoms with Crippen molar-refractivity contribution < 1.29 is 10.2 Å². The summed E-state index contributed by atoms with van der Waals surface area (Å²) in [6.45, 7) is 6.85. The van der Waals surface area contributed by atoms with Crippen molar-refractivity contribution in [3.63, 3.8) is 0 Å². The molecule has 1 aromatic rings. The van der Waals surface area contributed by atoms with Gasteiger partial charge >= 0.3 is 0 Å². The van der Waals surface area contributed by atoms with E-state index in [0.717, 1.165) is 23.5 Å². The summed E-state index contributed by atoms with van der Waals surface area (Å²) in [5, 5.41) is 18.3. The average molecular weight is 238 g/mol. The van der Waals surface area contributed by atoms with Gasteiger partial charge in [0, 0.05) is 18.3 Å². The molecule has 0 unspecified atom stereocenters. The molecule has 0 aliphatic carbocycles. The Hall–Kier alpha value is -1.13. The average Bonchev–Trinajstić information content (AvgIpc) is 2.34. The Labute approximate surface area is 103 Å². The highest BCUT2D eigenvalue weighted by Gasteiger charge is 2.12. The lowest BCUT2D eigenvalue weighted by atomic mass is 10.2. The van der Waals surface area contributed by atoms with Crippen LogP contribution in [-0.4, -0.2) is 34.4 Å². The first-order valence-corrected chi connectivity index (χ1v) is 6.10. The number of aryl methyl sites for hydroxylation is 1. The minimum Gasteiger partial charge on any atom is -0.395 e. The lowest BCUT2D eigenvalue weighted by Crippen LogP contribution is -2.34. The quantitative estimate of drug-likeness (QED) is 0.785. The van der Waals surface area contributed by atoms with Crippen LogP contribution in [-0.2, 0) is 13.0 Å². The molecule has 1 rings (SSSR count). The van der Waals surface area contributed by atoms with E-state index < -0.39 is 0 Å². The molecule has 1 aromatic heterocycles. The minimum atomic E-state index is 0.0214. The van der Waals surface area contributed by atoms with Crippen LogP contribution in [0.15, 0.2) is 12.1 Å². The summed E-state index contributed by atoms with van der Waals surface area (Å²) in [4.78, 5) is 6.58. The topological polar surface area (TPSA) is 56.6 Å². The Morgan fingerprint density at radius 3 is 2.47 bits per heavy atom. The molecule has 2 N–H and O–H groups in total. The lowest BCUT2D eigenvalue weighted by Gasteiger charge is -2.27. The van der Waals surface area contributed by atoms with Gasteiger partial charge in [0.05, 0.1) is 13.2 Å². The number of aromatic nitrogens is 1. The summed E-state index contributed by atoms with van der Waals surface area (Å²) in [5.74, 6) is 0.831. The minimum absolute atomic E-state index is 0.0214. The first-order valence-electron chi connectivity index (χ1n) is 6.10. The van der Waals surface area contributed by atoms with Gasteiger partial charge in [0.1, 0.15) is 5.82 Å². The molecule has 0 spiro atoms. The van der Waals surface area contributed by atoms with Gasteiger partial charge in [-0.05, 0) is 38.0 Å². The number of aliphatic hydroxyl groups is 2. The van der Waals surface area contributed by atoms with Gasteiger partial charge in [0.2, 0.25) is 0 Å². The van der Waals surface area contributed by atoms with E-state index in [-0.39, 0.29) is 19.3 Å². The Bertz CT molecular complexity index is 331. The molecule has 0 aromatic carbocycles. The van der Waals surface area contributed by atoms with Crippen molar-refractivity contribution in [2.75, 3.05) is 18.1 Å². The first-order chi connectivity index (χ1) is 8.12. The van der Waals surface area contributed by atoms with Crippen LogP contribution in [0.1, 0.15) is 32.0 Å². The summed E-state index contributed by atoms with van der Waals surface area (Å²) >= 11 is 0. The van der Waals surface area contributed by atoms with E-state index in [0.29, 0.717) is 6.54 Å². The summed E-state index contributed by atoms with van der Waals surface area (Å²) in [5.41, 5.74) is 1.84. The molecule has 0 saturated heterocycles. The molecule has 0 aliphatic rings. The molecule has 0 saturated carbocycles. The zero-order valence-electron chi connectivity index (χ0n) is 10.8. The molecular formula is C13H22N2O2. The van der Waals surface area contributed by atoms with Crippen LogP contribution < -0.4 is 4.90 Å². The summed E-state index contributed by atoms with van der Waals surface area (Å²) in [6.07, 6.45) is 0.839. The predicted molar refractivity (Wildman–Crippen MR) is 69.1 cm³/mol. The fourth-order valence-corrected chi connectivity index (χ4v) is 1.80. The van der Waals surface area contributed by atoms with Gasteiger partial charge in [0.15, 0.2) is 0 Å². The van der Waals surface area contributed by atoms with E-state index in [1.165, 1.54) is 0 Å². The molecule has 0 radical (unpaired) electrons. The molecule has 4 nitrogen and oxygen atoms in total. The highest BCUT2D eigenvalue weighted by Crippen LogP contribution is 2.18. The molecule has 1 heterocycles. The molecule has 0 fully saturated rings. The van der Waals surface area contributed by atoms with E-state index >= 15 is 0 Å². The standard InChI is InChI=1S/C13H22N2O2/c1-4-12-7-11(9-17)8-13(14-12)15(5-6-16)10(2)3/h7-8,10,16-17H,4-6,9H2,1-3H3. The van der Waals surface area contributed by atoms with Gasteiger partial charge < -0.3 is 15.1 Å². The van der Waals surface area contributed by atoms with Gasteiger partial charge in [-0.3, -0.25) is 0 Å². The predicted octanol–water partition coefficient (Wildman–Crippen LogP) is 1.34. The van der Waals surface area contributed by atoms with Gasteiger partial charge in [-0.15, -0.1) is 0 Å². The summed E-state index contributed by atoms with van der Waals surface area (Å²) < 4.78 is 0. The Balaban J connectivity index is 3.08. The van der Waals surface area contributed by atoms with Gasteiger partial charge in [0.25, 0.3) is 0 Å². The van der Waals surface area contributed by atoms with Crippen molar-refractivity contribution in [3.8, 4) is 0 Å². The molecule has 0 amide bonds. The second-order valence-corrected chi connectivity index (χ2v) is 4.35. The molecule has 0 bridgehead atoms. The normalized spacial score (nSPS) is 10.9. The Morgan fingerprint density at radius 1 is 1.29 bits per heavy atom. The number of pyridine rings is 1. The smallest absolute Gasteiger partial charge is 0.129 e. The molecule has 4 heteroatoms. The van der Waals surface area contributed by atoms with Crippen LogP contribution in [0.5, 0.6) is 0 Å². The number of anilines is 1. The fraction of sp³-hybridized carbons (Fsp3) is 0.615. The van der Waals surface area contributed by atoms with E-state index in [1.807, 2.05) is 24.0 Å². The van der Waals surface area contributed by atoms with Crippen molar-refractivity contribution in [1.29, 1.82) is 0 Å². The van der Waals surface area contributed by atoms with Gasteiger partial charge in [-0.25, -0.2) is 4.98 Å². The number of nitrogens with zero attached hydrogens (tertiary/aromatic N) is 2. The molecular weight excluding hydrogens is 216 g/mol. The van der Waals surface area contributed by atoms with Crippen LogP contribution in [0, 0.1) is 0 Å². The Kier molecular flexibility index (Phi) is 5.38. The third kappa shape index (κ3) is 3.68. The highest BCUT2D eigenvalue weighted by atomic mass is 16.3. The molecule has 0 atom stereocenters. The van der Waals surface area contributed by atoms with Crippen molar-refractivity contribution in [2.24, 2.45) is 0 Å². The molecule has 96 valence electrons. The third-order valence-corrected chi connectivity index (χ3v) is 2.73. The lowest BCUT2D eigenvalue weighted by molar-refractivity contribution is 0.281. The van der Waals surface area contributed by atoms with Crippen LogP contribution in [0.25, 0.3) is 0 Å². The van der Waals surface area contributed by atoms with Crippen LogP contribution in [0.2, 0.25) is 0 Å². The number of hydrogen-bond acceptors (Lipinski definition) is 4. The van der Waals surface area contributed by atoms with Crippen molar-refractivity contribution >= 4 is 5.82 Å². The first kappa shape index (κ1) is 13.9. The van der Waals surface area contributed by atoms with E-state index in [9.17, 15) is 5.11 Å². The van der Waals surface area contributed by atoms with Crippen LogP contribution >= 0.6 is 0 Å².